The predicted octanol–water partition coefficient (Wildman–Crippen LogP) is 0.921. The molecule has 1 aromatic rings. The third kappa shape index (κ3) is 4.81. The van der Waals surface area contributed by atoms with Crippen molar-refractivity contribution in [3.8, 4) is 0 Å². The lowest BCUT2D eigenvalue weighted by Crippen LogP contribution is -2.16. The summed E-state index contributed by atoms with van der Waals surface area (Å²) in [5.74, 6) is 0.408. The average molecular weight is 206 g/mol. The van der Waals surface area contributed by atoms with Gasteiger partial charge < -0.3 is 11.5 Å². The Labute approximate surface area is 92.5 Å². The molecule has 1 aromatic carbocycles. The molecule has 4 nitrogen and oxygen atoms in total. The van der Waals surface area contributed by atoms with Crippen LogP contribution in [0.25, 0.3) is 0 Å². The van der Waals surface area contributed by atoms with Crippen LogP contribution >= 0.6 is 0 Å². The van der Waals surface area contributed by atoms with Gasteiger partial charge in [0.2, 0.25) is 5.96 Å². The van der Waals surface area contributed by atoms with Crippen LogP contribution in [0, 0.1) is 0 Å². The Morgan fingerprint density at radius 3 is 2.93 bits per heavy atom. The second kappa shape index (κ2) is 5.80. The normalized spacial score (nSPS) is 16.9. The molecular formula is C11H16N4. The molecule has 0 amide bonds. The van der Waals surface area contributed by atoms with Gasteiger partial charge in [0.1, 0.15) is 0 Å². The first-order chi connectivity index (χ1) is 7.99. The minimum atomic E-state index is -0.549. The van der Waals surface area contributed by atoms with E-state index in [2.05, 4.69) is 9.98 Å². The Bertz CT molecular complexity index is 439. The smallest absolute Gasteiger partial charge is 0.216 e. The largest absolute Gasteiger partial charge is 0.387 e. The molecule has 0 radical (unpaired) electrons. The van der Waals surface area contributed by atoms with E-state index in [0.717, 1.165) is 5.56 Å². The van der Waals surface area contributed by atoms with Crippen molar-refractivity contribution in [1.82, 2.24) is 0 Å². The maximum atomic E-state index is 7.86. The summed E-state index contributed by atoms with van der Waals surface area (Å²) in [6.45, 7) is 1.82. The van der Waals surface area contributed by atoms with Crippen molar-refractivity contribution < 1.29 is 2.74 Å². The zero-order valence-electron chi connectivity index (χ0n) is 10.6. The van der Waals surface area contributed by atoms with Gasteiger partial charge in [-0.25, -0.2) is 4.99 Å². The fraction of sp³-hybridized carbons (Fsp3) is 0.273. The summed E-state index contributed by atoms with van der Waals surface area (Å²) in [4.78, 5) is 7.71. The third-order valence-corrected chi connectivity index (χ3v) is 1.60. The number of rotatable bonds is 3. The van der Waals surface area contributed by atoms with Gasteiger partial charge in [0, 0.05) is 7.92 Å². The second-order valence-corrected chi connectivity index (χ2v) is 2.99. The van der Waals surface area contributed by atoms with Gasteiger partial charge in [-0.15, -0.1) is 0 Å². The van der Waals surface area contributed by atoms with E-state index in [9.17, 15) is 0 Å². The first-order valence-corrected chi connectivity index (χ1v) is 4.58. The summed E-state index contributed by atoms with van der Waals surface area (Å²) in [5.41, 5.74) is 11.6. The van der Waals surface area contributed by atoms with Crippen LogP contribution < -0.4 is 11.5 Å². The highest BCUT2D eigenvalue weighted by molar-refractivity contribution is 5.93. The van der Waals surface area contributed by atoms with E-state index in [1.807, 2.05) is 0 Å². The van der Waals surface area contributed by atoms with Crippen molar-refractivity contribution in [3.63, 3.8) is 0 Å². The predicted molar refractivity (Wildman–Crippen MR) is 63.9 cm³/mol. The fourth-order valence-corrected chi connectivity index (χ4v) is 0.995. The van der Waals surface area contributed by atoms with Crippen LogP contribution in [-0.4, -0.2) is 18.3 Å². The number of hydrogen-bond donors (Lipinski definition) is 2. The Balaban J connectivity index is 2.67. The van der Waals surface area contributed by atoms with Gasteiger partial charge in [-0.3, -0.25) is 4.99 Å². The third-order valence-electron chi connectivity index (χ3n) is 1.60. The topological polar surface area (TPSA) is 76.8 Å². The highest BCUT2D eigenvalue weighted by atomic mass is 15.1. The van der Waals surface area contributed by atoms with Gasteiger partial charge in [-0.1, -0.05) is 30.3 Å². The Morgan fingerprint density at radius 2 is 2.27 bits per heavy atom. The zero-order valence-corrected chi connectivity index (χ0v) is 8.64. The van der Waals surface area contributed by atoms with Gasteiger partial charge in [-0.05, 0) is 18.9 Å². The van der Waals surface area contributed by atoms with E-state index in [4.69, 9.17) is 14.2 Å². The lowest BCUT2D eigenvalue weighted by molar-refractivity contribution is 0.962. The molecule has 1 unspecified atom stereocenters. The molecule has 1 atom stereocenters. The molecule has 0 saturated carbocycles. The molecule has 0 aliphatic rings. The van der Waals surface area contributed by atoms with Crippen LogP contribution in [0.4, 0.5) is 0 Å². The molecule has 0 heterocycles. The molecule has 4 N–H and O–H groups in total. The first kappa shape index (κ1) is 8.47. The van der Waals surface area contributed by atoms with E-state index in [1.54, 1.807) is 31.2 Å². The monoisotopic (exact) mass is 206 g/mol. The molecule has 0 aliphatic heterocycles. The summed E-state index contributed by atoms with van der Waals surface area (Å²) >= 11 is 0. The summed E-state index contributed by atoms with van der Waals surface area (Å²) < 4.78 is 15.3. The number of nitrogens with two attached hydrogens (primary N) is 2. The van der Waals surface area contributed by atoms with Crippen molar-refractivity contribution in [2.24, 2.45) is 21.5 Å². The van der Waals surface area contributed by atoms with Crippen molar-refractivity contribution in [1.29, 1.82) is 0 Å². The number of amidine groups is 1. The van der Waals surface area contributed by atoms with Crippen LogP contribution in [0.5, 0.6) is 0 Å². The highest BCUT2D eigenvalue weighted by Crippen LogP contribution is 1.99. The van der Waals surface area contributed by atoms with Crippen molar-refractivity contribution in [3.05, 3.63) is 35.9 Å². The standard InChI is InChI=1S/C11H16N4/c1-9(12)15-11(13)14-8-7-10-5-3-2-4-6-10/h2-6H,7-8H2,1H3,(H4,12,13,14,15)/i3D,7D. The number of aliphatic imine (C=N–C) groups is 2. The molecule has 0 aromatic heterocycles. The Hall–Kier alpha value is -1.84. The summed E-state index contributed by atoms with van der Waals surface area (Å²) in [7, 11) is 0. The quantitative estimate of drug-likeness (QED) is 0.570. The average Bonchev–Trinajstić information content (AvgIpc) is 2.25. The molecule has 0 saturated heterocycles. The van der Waals surface area contributed by atoms with Gasteiger partial charge in [0.15, 0.2) is 0 Å². The minimum Gasteiger partial charge on any atom is -0.387 e. The fourth-order valence-electron chi connectivity index (χ4n) is 0.995. The van der Waals surface area contributed by atoms with E-state index in [0.29, 0.717) is 11.9 Å². The van der Waals surface area contributed by atoms with Crippen LogP contribution in [0.1, 0.15) is 15.2 Å². The van der Waals surface area contributed by atoms with E-state index >= 15 is 0 Å². The van der Waals surface area contributed by atoms with E-state index in [-0.39, 0.29) is 12.5 Å². The molecule has 0 spiro atoms. The van der Waals surface area contributed by atoms with Crippen molar-refractivity contribution in [2.75, 3.05) is 6.54 Å². The minimum absolute atomic E-state index is 0.0734. The maximum Gasteiger partial charge on any atom is 0.216 e. The molecular weight excluding hydrogens is 188 g/mol. The van der Waals surface area contributed by atoms with Crippen LogP contribution in [0.15, 0.2) is 40.3 Å². The molecule has 0 bridgehead atoms. The number of nitrogens with zero attached hydrogens (tertiary/aromatic N) is 2. The summed E-state index contributed by atoms with van der Waals surface area (Å²) in [5, 5.41) is 0. The zero-order chi connectivity index (χ0) is 12.8. The summed E-state index contributed by atoms with van der Waals surface area (Å²) in [6, 6.07) is 7.22. The summed E-state index contributed by atoms with van der Waals surface area (Å²) in [6.07, 6.45) is -0.549. The molecule has 4 heteroatoms. The number of guanidine groups is 1. The van der Waals surface area contributed by atoms with Gasteiger partial charge in [-0.2, -0.15) is 0 Å². The Kier molecular flexibility index (Phi) is 3.27. The lowest BCUT2D eigenvalue weighted by Gasteiger charge is -1.97. The molecule has 15 heavy (non-hydrogen) atoms. The van der Waals surface area contributed by atoms with Gasteiger partial charge in [0.25, 0.3) is 0 Å². The van der Waals surface area contributed by atoms with Crippen molar-refractivity contribution >= 4 is 11.8 Å². The van der Waals surface area contributed by atoms with Gasteiger partial charge >= 0.3 is 0 Å². The highest BCUT2D eigenvalue weighted by Gasteiger charge is 1.91. The number of hydrogen-bond acceptors (Lipinski definition) is 1. The molecule has 80 valence electrons. The maximum absolute atomic E-state index is 7.86. The number of benzene rings is 1. The van der Waals surface area contributed by atoms with Crippen LogP contribution in [0.2, 0.25) is 0 Å². The van der Waals surface area contributed by atoms with Crippen LogP contribution in [-0.2, 0) is 6.40 Å². The molecule has 1 rings (SSSR count). The van der Waals surface area contributed by atoms with Crippen molar-refractivity contribution in [2.45, 2.75) is 13.3 Å². The van der Waals surface area contributed by atoms with Crippen LogP contribution in [0.3, 0.4) is 0 Å². The molecule has 0 aliphatic carbocycles. The SMILES string of the molecule is [2H]c1cccc(C([2H])CN=C(N)N=C(C)N)c1. The van der Waals surface area contributed by atoms with E-state index in [1.165, 1.54) is 0 Å². The lowest BCUT2D eigenvalue weighted by atomic mass is 10.2. The first-order valence-electron chi connectivity index (χ1n) is 5.66. The Morgan fingerprint density at radius 1 is 1.47 bits per heavy atom. The van der Waals surface area contributed by atoms with E-state index < -0.39 is 6.40 Å². The second-order valence-electron chi connectivity index (χ2n) is 2.99. The molecule has 0 fully saturated rings. The van der Waals surface area contributed by atoms with Gasteiger partial charge in [0.05, 0.1) is 7.21 Å².